The highest BCUT2D eigenvalue weighted by molar-refractivity contribution is 5.51. The minimum absolute atomic E-state index is 0.790. The van der Waals surface area contributed by atoms with E-state index in [2.05, 4.69) is 32.3 Å². The molecular formula is C12H18N6. The van der Waals surface area contributed by atoms with E-state index in [0.29, 0.717) is 0 Å². The van der Waals surface area contributed by atoms with E-state index in [-0.39, 0.29) is 0 Å². The molecule has 2 heterocycles. The lowest BCUT2D eigenvalue weighted by Gasteiger charge is -2.12. The Bertz CT molecular complexity index is 506. The van der Waals surface area contributed by atoms with Gasteiger partial charge in [-0.3, -0.25) is 0 Å². The quantitative estimate of drug-likeness (QED) is 0.870. The molecule has 0 atom stereocenters. The van der Waals surface area contributed by atoms with Crippen molar-refractivity contribution in [3.05, 3.63) is 24.0 Å². The highest BCUT2D eigenvalue weighted by Crippen LogP contribution is 2.18. The molecule has 2 aromatic heterocycles. The second-order valence-corrected chi connectivity index (χ2v) is 4.06. The van der Waals surface area contributed by atoms with E-state index < -0.39 is 0 Å². The molecule has 6 heteroatoms. The van der Waals surface area contributed by atoms with Crippen molar-refractivity contribution in [3.8, 4) is 5.82 Å². The molecule has 0 aliphatic rings. The number of aromatic nitrogens is 5. The van der Waals surface area contributed by atoms with Crippen molar-refractivity contribution in [2.24, 2.45) is 0 Å². The van der Waals surface area contributed by atoms with Crippen molar-refractivity contribution in [3.63, 3.8) is 0 Å². The molecule has 6 nitrogen and oxygen atoms in total. The van der Waals surface area contributed by atoms with Gasteiger partial charge in [0, 0.05) is 18.5 Å². The van der Waals surface area contributed by atoms with Crippen LogP contribution in [0, 0.1) is 6.92 Å². The zero-order valence-corrected chi connectivity index (χ0v) is 11.0. The molecule has 0 spiro atoms. The van der Waals surface area contributed by atoms with E-state index in [1.807, 2.05) is 13.8 Å². The third-order valence-corrected chi connectivity index (χ3v) is 2.66. The number of rotatable bonds is 5. The van der Waals surface area contributed by atoms with Gasteiger partial charge in [-0.05, 0) is 13.3 Å². The molecule has 0 aliphatic carbocycles. The van der Waals surface area contributed by atoms with Crippen LogP contribution in [0.4, 0.5) is 5.82 Å². The summed E-state index contributed by atoms with van der Waals surface area (Å²) in [5, 5.41) is 7.46. The van der Waals surface area contributed by atoms with Crippen LogP contribution in [-0.4, -0.2) is 31.3 Å². The Balaban J connectivity index is 2.45. The number of aryl methyl sites for hydroxylation is 1. The van der Waals surface area contributed by atoms with Crippen LogP contribution in [-0.2, 0) is 6.42 Å². The summed E-state index contributed by atoms with van der Waals surface area (Å²) in [5.74, 6) is 2.48. The second kappa shape index (κ2) is 5.57. The van der Waals surface area contributed by atoms with Crippen molar-refractivity contribution in [2.45, 2.75) is 33.6 Å². The SMILES string of the molecule is CCCNc1nc(CC)nc(-n2cncn2)c1C. The van der Waals surface area contributed by atoms with Crippen molar-refractivity contribution in [1.82, 2.24) is 24.7 Å². The second-order valence-electron chi connectivity index (χ2n) is 4.06. The fourth-order valence-electron chi connectivity index (χ4n) is 1.66. The first-order chi connectivity index (χ1) is 8.76. The van der Waals surface area contributed by atoms with Gasteiger partial charge in [0.25, 0.3) is 0 Å². The minimum Gasteiger partial charge on any atom is -0.370 e. The van der Waals surface area contributed by atoms with E-state index in [0.717, 1.165) is 42.4 Å². The van der Waals surface area contributed by atoms with Gasteiger partial charge in [-0.15, -0.1) is 0 Å². The number of nitrogens with zero attached hydrogens (tertiary/aromatic N) is 5. The van der Waals surface area contributed by atoms with Gasteiger partial charge in [0.15, 0.2) is 5.82 Å². The summed E-state index contributed by atoms with van der Waals surface area (Å²) >= 11 is 0. The third kappa shape index (κ3) is 2.47. The Morgan fingerprint density at radius 3 is 2.72 bits per heavy atom. The molecule has 1 N–H and O–H groups in total. The number of hydrogen-bond acceptors (Lipinski definition) is 5. The van der Waals surface area contributed by atoms with Crippen LogP contribution >= 0.6 is 0 Å². The fraction of sp³-hybridized carbons (Fsp3) is 0.500. The minimum atomic E-state index is 0.790. The van der Waals surface area contributed by atoms with Crippen molar-refractivity contribution >= 4 is 5.82 Å². The van der Waals surface area contributed by atoms with Crippen LogP contribution < -0.4 is 5.32 Å². The highest BCUT2D eigenvalue weighted by Gasteiger charge is 2.11. The topological polar surface area (TPSA) is 68.5 Å². The lowest BCUT2D eigenvalue weighted by molar-refractivity contribution is 0.800. The standard InChI is InChI=1S/C12H18N6/c1-4-6-14-11-9(3)12(17-10(5-2)16-11)18-8-13-7-15-18/h7-8H,4-6H2,1-3H3,(H,14,16,17). The van der Waals surface area contributed by atoms with E-state index in [4.69, 9.17) is 0 Å². The van der Waals surface area contributed by atoms with Crippen LogP contribution in [0.3, 0.4) is 0 Å². The van der Waals surface area contributed by atoms with Crippen LogP contribution in [0.2, 0.25) is 0 Å². The summed E-state index contributed by atoms with van der Waals surface area (Å²) < 4.78 is 1.67. The van der Waals surface area contributed by atoms with Crippen LogP contribution in [0.25, 0.3) is 5.82 Å². The van der Waals surface area contributed by atoms with Gasteiger partial charge in [0.05, 0.1) is 0 Å². The molecule has 2 rings (SSSR count). The maximum absolute atomic E-state index is 4.52. The van der Waals surface area contributed by atoms with Gasteiger partial charge in [0.1, 0.15) is 24.3 Å². The molecular weight excluding hydrogens is 228 g/mol. The molecule has 0 unspecified atom stereocenters. The Morgan fingerprint density at radius 2 is 2.11 bits per heavy atom. The number of hydrogen-bond donors (Lipinski definition) is 1. The molecule has 0 aromatic carbocycles. The van der Waals surface area contributed by atoms with Crippen LogP contribution in [0.5, 0.6) is 0 Å². The van der Waals surface area contributed by atoms with Gasteiger partial charge >= 0.3 is 0 Å². The maximum atomic E-state index is 4.52. The first-order valence-electron chi connectivity index (χ1n) is 6.22. The molecule has 96 valence electrons. The Kier molecular flexibility index (Phi) is 3.86. The Morgan fingerprint density at radius 1 is 1.28 bits per heavy atom. The molecule has 0 saturated heterocycles. The summed E-state index contributed by atoms with van der Waals surface area (Å²) in [5.41, 5.74) is 0.992. The smallest absolute Gasteiger partial charge is 0.163 e. The van der Waals surface area contributed by atoms with Gasteiger partial charge in [-0.2, -0.15) is 5.10 Å². The first kappa shape index (κ1) is 12.5. The van der Waals surface area contributed by atoms with Gasteiger partial charge in [-0.25, -0.2) is 19.6 Å². The average molecular weight is 246 g/mol. The summed E-state index contributed by atoms with van der Waals surface area (Å²) in [4.78, 5) is 13.0. The summed E-state index contributed by atoms with van der Waals surface area (Å²) in [6.45, 7) is 7.06. The highest BCUT2D eigenvalue weighted by atomic mass is 15.3. The molecule has 0 radical (unpaired) electrons. The number of anilines is 1. The predicted octanol–water partition coefficient (Wildman–Crippen LogP) is 1.75. The van der Waals surface area contributed by atoms with Gasteiger partial charge in [0.2, 0.25) is 0 Å². The summed E-state index contributed by atoms with van der Waals surface area (Å²) in [7, 11) is 0. The summed E-state index contributed by atoms with van der Waals surface area (Å²) in [6.07, 6.45) is 5.01. The Labute approximate surface area is 106 Å². The average Bonchev–Trinajstić information content (AvgIpc) is 2.91. The molecule has 0 saturated carbocycles. The summed E-state index contributed by atoms with van der Waals surface area (Å²) in [6, 6.07) is 0. The first-order valence-corrected chi connectivity index (χ1v) is 6.22. The lowest BCUT2D eigenvalue weighted by Crippen LogP contribution is -2.12. The normalized spacial score (nSPS) is 10.6. The maximum Gasteiger partial charge on any atom is 0.163 e. The van der Waals surface area contributed by atoms with Crippen LogP contribution in [0.1, 0.15) is 31.7 Å². The van der Waals surface area contributed by atoms with E-state index in [9.17, 15) is 0 Å². The van der Waals surface area contributed by atoms with Crippen molar-refractivity contribution in [2.75, 3.05) is 11.9 Å². The molecule has 2 aromatic rings. The monoisotopic (exact) mass is 246 g/mol. The molecule has 0 bridgehead atoms. The lowest BCUT2D eigenvalue weighted by atomic mass is 10.3. The Hall–Kier alpha value is -1.98. The van der Waals surface area contributed by atoms with Crippen LogP contribution in [0.15, 0.2) is 12.7 Å². The van der Waals surface area contributed by atoms with Crippen molar-refractivity contribution < 1.29 is 0 Å². The zero-order chi connectivity index (χ0) is 13.0. The van der Waals surface area contributed by atoms with Gasteiger partial charge in [-0.1, -0.05) is 13.8 Å². The largest absolute Gasteiger partial charge is 0.370 e. The number of nitrogens with one attached hydrogen (secondary N) is 1. The van der Waals surface area contributed by atoms with E-state index in [1.54, 1.807) is 11.0 Å². The third-order valence-electron chi connectivity index (χ3n) is 2.66. The fourth-order valence-corrected chi connectivity index (χ4v) is 1.66. The van der Waals surface area contributed by atoms with E-state index in [1.165, 1.54) is 6.33 Å². The van der Waals surface area contributed by atoms with E-state index >= 15 is 0 Å². The molecule has 18 heavy (non-hydrogen) atoms. The van der Waals surface area contributed by atoms with Gasteiger partial charge < -0.3 is 5.32 Å². The van der Waals surface area contributed by atoms with Crippen molar-refractivity contribution in [1.29, 1.82) is 0 Å². The molecule has 0 aliphatic heterocycles. The predicted molar refractivity (Wildman–Crippen MR) is 69.8 cm³/mol. The molecule has 0 amide bonds. The molecule has 0 fully saturated rings. The zero-order valence-electron chi connectivity index (χ0n) is 11.0.